The van der Waals surface area contributed by atoms with E-state index in [4.69, 9.17) is 16.3 Å². The first-order valence-electron chi connectivity index (χ1n) is 6.08. The first kappa shape index (κ1) is 14.7. The summed E-state index contributed by atoms with van der Waals surface area (Å²) in [6, 6.07) is 1.49. The van der Waals surface area contributed by atoms with Crippen molar-refractivity contribution in [3.05, 3.63) is 29.6 Å². The van der Waals surface area contributed by atoms with Crippen molar-refractivity contribution in [2.24, 2.45) is 0 Å². The summed E-state index contributed by atoms with van der Waals surface area (Å²) in [6.07, 6.45) is 0. The highest BCUT2D eigenvalue weighted by Gasteiger charge is 2.25. The lowest BCUT2D eigenvalue weighted by molar-refractivity contribution is -0.146. The van der Waals surface area contributed by atoms with Gasteiger partial charge in [-0.05, 0) is 26.0 Å². The lowest BCUT2D eigenvalue weighted by Gasteiger charge is -2.15. The van der Waals surface area contributed by atoms with Crippen molar-refractivity contribution < 1.29 is 18.3 Å². The predicted molar refractivity (Wildman–Crippen MR) is 70.6 cm³/mol. The van der Waals surface area contributed by atoms with Gasteiger partial charge < -0.3 is 9.30 Å². The molecular formula is C13H13ClF2N2O2. The quantitative estimate of drug-likeness (QED) is 0.643. The number of imidazole rings is 1. The van der Waals surface area contributed by atoms with E-state index in [2.05, 4.69) is 4.98 Å². The molecule has 4 nitrogen and oxygen atoms in total. The molecule has 0 amide bonds. The molecule has 0 bridgehead atoms. The Morgan fingerprint density at radius 3 is 2.80 bits per heavy atom. The van der Waals surface area contributed by atoms with E-state index in [0.717, 1.165) is 6.07 Å². The second-order valence-corrected chi connectivity index (χ2v) is 4.46. The molecule has 0 saturated carbocycles. The SMILES string of the molecule is CCOC(=O)C(C)n1c(CCl)nc2ccc(F)c(F)c21. The zero-order valence-corrected chi connectivity index (χ0v) is 11.7. The Morgan fingerprint density at radius 1 is 1.50 bits per heavy atom. The molecule has 1 aromatic heterocycles. The highest BCUT2D eigenvalue weighted by atomic mass is 35.5. The van der Waals surface area contributed by atoms with Gasteiger partial charge >= 0.3 is 5.97 Å². The fraction of sp³-hybridized carbons (Fsp3) is 0.385. The van der Waals surface area contributed by atoms with Crippen LogP contribution >= 0.6 is 11.6 Å². The van der Waals surface area contributed by atoms with E-state index in [-0.39, 0.29) is 29.3 Å². The average molecular weight is 303 g/mol. The van der Waals surface area contributed by atoms with E-state index in [1.54, 1.807) is 6.92 Å². The molecule has 1 heterocycles. The summed E-state index contributed by atoms with van der Waals surface area (Å²) in [6.45, 7) is 3.39. The predicted octanol–water partition coefficient (Wildman–Crippen LogP) is 3.18. The monoisotopic (exact) mass is 302 g/mol. The molecule has 0 fully saturated rings. The van der Waals surface area contributed by atoms with Crippen LogP contribution in [-0.2, 0) is 15.4 Å². The van der Waals surface area contributed by atoms with E-state index < -0.39 is 23.6 Å². The fourth-order valence-corrected chi connectivity index (χ4v) is 2.24. The van der Waals surface area contributed by atoms with Crippen molar-refractivity contribution in [2.75, 3.05) is 6.61 Å². The van der Waals surface area contributed by atoms with Gasteiger partial charge in [0.2, 0.25) is 0 Å². The topological polar surface area (TPSA) is 44.1 Å². The molecule has 0 aliphatic rings. The second-order valence-electron chi connectivity index (χ2n) is 4.19. The maximum absolute atomic E-state index is 14.0. The summed E-state index contributed by atoms with van der Waals surface area (Å²) in [7, 11) is 0. The number of esters is 1. The van der Waals surface area contributed by atoms with Crippen molar-refractivity contribution in [1.29, 1.82) is 0 Å². The number of alkyl halides is 1. The Balaban J connectivity index is 2.66. The van der Waals surface area contributed by atoms with E-state index in [0.29, 0.717) is 0 Å². The van der Waals surface area contributed by atoms with Crippen molar-refractivity contribution in [1.82, 2.24) is 9.55 Å². The van der Waals surface area contributed by atoms with Gasteiger partial charge in [-0.25, -0.2) is 18.6 Å². The highest BCUT2D eigenvalue weighted by molar-refractivity contribution is 6.16. The summed E-state index contributed by atoms with van der Waals surface area (Å²) in [5.74, 6) is -2.36. The molecule has 0 N–H and O–H groups in total. The second kappa shape index (κ2) is 5.75. The van der Waals surface area contributed by atoms with Crippen LogP contribution in [0.4, 0.5) is 8.78 Å². The number of halogens is 3. The minimum absolute atomic E-state index is 0.0283. The number of nitrogens with zero attached hydrogens (tertiary/aromatic N) is 2. The van der Waals surface area contributed by atoms with E-state index in [9.17, 15) is 13.6 Å². The molecule has 1 atom stereocenters. The van der Waals surface area contributed by atoms with Crippen LogP contribution in [0.1, 0.15) is 25.7 Å². The van der Waals surface area contributed by atoms with Crippen LogP contribution in [0.5, 0.6) is 0 Å². The van der Waals surface area contributed by atoms with Gasteiger partial charge in [-0.2, -0.15) is 0 Å². The largest absolute Gasteiger partial charge is 0.464 e. The third kappa shape index (κ3) is 2.35. The summed E-state index contributed by atoms with van der Waals surface area (Å²) in [5.41, 5.74) is 0.164. The Kier molecular flexibility index (Phi) is 4.23. The maximum atomic E-state index is 14.0. The van der Waals surface area contributed by atoms with E-state index >= 15 is 0 Å². The Labute approximate surface area is 119 Å². The number of benzene rings is 1. The summed E-state index contributed by atoms with van der Waals surface area (Å²) in [5, 5.41) is 0. The van der Waals surface area contributed by atoms with Crippen LogP contribution in [0.2, 0.25) is 0 Å². The zero-order valence-electron chi connectivity index (χ0n) is 11.0. The van der Waals surface area contributed by atoms with Gasteiger partial charge in [0.1, 0.15) is 17.4 Å². The number of carbonyl (C=O) groups is 1. The standard InChI is InChI=1S/C13H13ClF2N2O2/c1-3-20-13(19)7(2)18-10(6-14)17-9-5-4-8(15)11(16)12(9)18/h4-5,7H,3,6H2,1-2H3. The van der Waals surface area contributed by atoms with Crippen molar-refractivity contribution >= 4 is 28.6 Å². The van der Waals surface area contributed by atoms with Crippen molar-refractivity contribution in [3.63, 3.8) is 0 Å². The Bertz CT molecular complexity index is 657. The molecule has 108 valence electrons. The van der Waals surface area contributed by atoms with Gasteiger partial charge in [0.05, 0.1) is 18.0 Å². The molecule has 2 aromatic rings. The first-order chi connectivity index (χ1) is 9.51. The van der Waals surface area contributed by atoms with Crippen LogP contribution < -0.4 is 0 Å². The number of hydrogen-bond donors (Lipinski definition) is 0. The fourth-order valence-electron chi connectivity index (χ4n) is 2.05. The molecule has 0 spiro atoms. The lowest BCUT2D eigenvalue weighted by Crippen LogP contribution is -2.21. The molecule has 1 unspecified atom stereocenters. The molecule has 1 aromatic carbocycles. The summed E-state index contributed by atoms with van der Waals surface area (Å²) in [4.78, 5) is 15.9. The van der Waals surface area contributed by atoms with E-state index in [1.165, 1.54) is 17.6 Å². The number of fused-ring (bicyclic) bond motifs is 1. The first-order valence-corrected chi connectivity index (χ1v) is 6.62. The van der Waals surface area contributed by atoms with Crippen molar-refractivity contribution in [3.8, 4) is 0 Å². The minimum atomic E-state index is -1.05. The molecule has 0 aliphatic heterocycles. The molecule has 0 radical (unpaired) electrons. The van der Waals surface area contributed by atoms with Gasteiger partial charge in [-0.3, -0.25) is 0 Å². The Hall–Kier alpha value is -1.69. The molecule has 20 heavy (non-hydrogen) atoms. The maximum Gasteiger partial charge on any atom is 0.328 e. The summed E-state index contributed by atoms with van der Waals surface area (Å²) >= 11 is 5.77. The molecule has 0 aliphatic carbocycles. The van der Waals surface area contributed by atoms with Crippen molar-refractivity contribution in [2.45, 2.75) is 25.8 Å². The van der Waals surface area contributed by atoms with Crippen LogP contribution in [0.15, 0.2) is 12.1 Å². The smallest absolute Gasteiger partial charge is 0.328 e. The van der Waals surface area contributed by atoms with Crippen LogP contribution in [0, 0.1) is 11.6 Å². The number of carbonyl (C=O) groups excluding carboxylic acids is 1. The lowest BCUT2D eigenvalue weighted by atomic mass is 10.2. The zero-order chi connectivity index (χ0) is 14.9. The normalized spacial score (nSPS) is 12.7. The minimum Gasteiger partial charge on any atom is -0.464 e. The Morgan fingerprint density at radius 2 is 2.20 bits per heavy atom. The number of rotatable bonds is 4. The van der Waals surface area contributed by atoms with Gasteiger partial charge in [0.25, 0.3) is 0 Å². The molecular weight excluding hydrogens is 290 g/mol. The van der Waals surface area contributed by atoms with Gasteiger partial charge in [-0.1, -0.05) is 0 Å². The van der Waals surface area contributed by atoms with Crippen LogP contribution in [-0.4, -0.2) is 22.1 Å². The average Bonchev–Trinajstić information content (AvgIpc) is 2.81. The van der Waals surface area contributed by atoms with Gasteiger partial charge in [0, 0.05) is 0 Å². The highest BCUT2D eigenvalue weighted by Crippen LogP contribution is 2.26. The molecule has 2 rings (SSSR count). The number of aromatic nitrogens is 2. The number of ether oxygens (including phenoxy) is 1. The third-order valence-electron chi connectivity index (χ3n) is 2.95. The summed E-state index contributed by atoms with van der Waals surface area (Å²) < 4.78 is 33.6. The van der Waals surface area contributed by atoms with Crippen LogP contribution in [0.25, 0.3) is 11.0 Å². The van der Waals surface area contributed by atoms with Gasteiger partial charge in [0.15, 0.2) is 11.6 Å². The third-order valence-corrected chi connectivity index (χ3v) is 3.19. The molecule has 7 heteroatoms. The molecule has 0 saturated heterocycles. The van der Waals surface area contributed by atoms with Crippen LogP contribution in [0.3, 0.4) is 0 Å². The van der Waals surface area contributed by atoms with Gasteiger partial charge in [-0.15, -0.1) is 11.6 Å². The number of hydrogen-bond acceptors (Lipinski definition) is 3. The van der Waals surface area contributed by atoms with E-state index in [1.807, 2.05) is 0 Å².